The number of hydrogen-bond donors (Lipinski definition) is 1. The summed E-state index contributed by atoms with van der Waals surface area (Å²) in [5.74, 6) is -0.0715. The van der Waals surface area contributed by atoms with Crippen LogP contribution in [0.25, 0.3) is 16.7 Å². The molecule has 4 aromatic rings. The third-order valence-electron chi connectivity index (χ3n) is 4.27. The van der Waals surface area contributed by atoms with Crippen molar-refractivity contribution in [2.75, 3.05) is 5.32 Å². The Morgan fingerprint density at radius 2 is 1.93 bits per heavy atom. The maximum atomic E-state index is 12.6. The molecule has 0 aliphatic carbocycles. The minimum atomic E-state index is -0.321. The standard InChI is InChI=1S/C21H19N5OS/c1-14-7-6-8-16(11-14)25-20(27)15(2)28-21-18-12-24-26(19(18)22-13-23-21)17-9-4-3-5-10-17/h3-13,15H,1-2H3,(H,25,27). The highest BCUT2D eigenvalue weighted by Gasteiger charge is 2.19. The lowest BCUT2D eigenvalue weighted by Gasteiger charge is -2.12. The van der Waals surface area contributed by atoms with Gasteiger partial charge in [0.1, 0.15) is 11.4 Å². The Labute approximate surface area is 167 Å². The van der Waals surface area contributed by atoms with Crippen LogP contribution in [-0.4, -0.2) is 30.9 Å². The third-order valence-corrected chi connectivity index (χ3v) is 5.39. The van der Waals surface area contributed by atoms with E-state index >= 15 is 0 Å². The number of aromatic nitrogens is 4. The van der Waals surface area contributed by atoms with Crippen molar-refractivity contribution in [1.29, 1.82) is 0 Å². The summed E-state index contributed by atoms with van der Waals surface area (Å²) in [5, 5.41) is 8.65. The fourth-order valence-corrected chi connectivity index (χ4v) is 3.74. The highest BCUT2D eigenvalue weighted by molar-refractivity contribution is 8.00. The Morgan fingerprint density at radius 1 is 1.11 bits per heavy atom. The number of benzene rings is 2. The van der Waals surface area contributed by atoms with Gasteiger partial charge >= 0.3 is 0 Å². The van der Waals surface area contributed by atoms with Crippen LogP contribution in [0, 0.1) is 6.92 Å². The second-order valence-electron chi connectivity index (χ2n) is 6.43. The average molecular weight is 389 g/mol. The molecule has 2 heterocycles. The van der Waals surface area contributed by atoms with Crippen LogP contribution in [0.3, 0.4) is 0 Å². The molecule has 0 aliphatic heterocycles. The number of para-hydroxylation sites is 1. The van der Waals surface area contributed by atoms with Crippen molar-refractivity contribution in [3.63, 3.8) is 0 Å². The highest BCUT2D eigenvalue weighted by Crippen LogP contribution is 2.29. The van der Waals surface area contributed by atoms with Crippen molar-refractivity contribution in [3.05, 3.63) is 72.7 Å². The van der Waals surface area contributed by atoms with Gasteiger partial charge in [-0.25, -0.2) is 14.6 Å². The van der Waals surface area contributed by atoms with Gasteiger partial charge < -0.3 is 5.32 Å². The third kappa shape index (κ3) is 3.75. The van der Waals surface area contributed by atoms with Crippen molar-refractivity contribution >= 4 is 34.4 Å². The van der Waals surface area contributed by atoms with E-state index in [2.05, 4.69) is 20.4 Å². The number of nitrogens with zero attached hydrogens (tertiary/aromatic N) is 4. The molecule has 28 heavy (non-hydrogen) atoms. The van der Waals surface area contributed by atoms with Gasteiger partial charge in [-0.1, -0.05) is 42.1 Å². The molecule has 4 rings (SSSR count). The number of nitrogens with one attached hydrogen (secondary N) is 1. The van der Waals surface area contributed by atoms with E-state index in [0.717, 1.165) is 33.0 Å². The zero-order chi connectivity index (χ0) is 19.5. The Bertz CT molecular complexity index is 1130. The van der Waals surface area contributed by atoms with E-state index in [1.807, 2.05) is 68.4 Å². The predicted octanol–water partition coefficient (Wildman–Crippen LogP) is 4.24. The van der Waals surface area contributed by atoms with Crippen molar-refractivity contribution < 1.29 is 4.79 Å². The quantitative estimate of drug-likeness (QED) is 0.408. The van der Waals surface area contributed by atoms with Gasteiger partial charge in [0.15, 0.2) is 5.65 Å². The van der Waals surface area contributed by atoms with E-state index in [9.17, 15) is 4.79 Å². The Balaban J connectivity index is 1.56. The Hall–Kier alpha value is -3.19. The monoisotopic (exact) mass is 389 g/mol. The Kier molecular flexibility index (Phi) is 5.08. The number of hydrogen-bond acceptors (Lipinski definition) is 5. The topological polar surface area (TPSA) is 72.7 Å². The molecule has 1 unspecified atom stereocenters. The maximum absolute atomic E-state index is 12.6. The van der Waals surface area contributed by atoms with Crippen LogP contribution in [0.15, 0.2) is 72.1 Å². The van der Waals surface area contributed by atoms with Gasteiger partial charge in [0.05, 0.1) is 22.5 Å². The number of thioether (sulfide) groups is 1. The Morgan fingerprint density at radius 3 is 2.71 bits per heavy atom. The number of anilines is 1. The molecule has 0 bridgehead atoms. The van der Waals surface area contributed by atoms with Crippen LogP contribution in [-0.2, 0) is 4.79 Å². The highest BCUT2D eigenvalue weighted by atomic mass is 32.2. The zero-order valence-electron chi connectivity index (χ0n) is 15.5. The first kappa shape index (κ1) is 18.2. The summed E-state index contributed by atoms with van der Waals surface area (Å²) < 4.78 is 1.78. The number of aryl methyl sites for hydroxylation is 1. The molecule has 0 saturated carbocycles. The molecular weight excluding hydrogens is 370 g/mol. The van der Waals surface area contributed by atoms with Crippen LogP contribution in [0.5, 0.6) is 0 Å². The molecule has 6 nitrogen and oxygen atoms in total. The molecular formula is C21H19N5OS. The van der Waals surface area contributed by atoms with Crippen LogP contribution < -0.4 is 5.32 Å². The van der Waals surface area contributed by atoms with E-state index in [1.165, 1.54) is 18.1 Å². The largest absolute Gasteiger partial charge is 0.325 e. The van der Waals surface area contributed by atoms with Crippen molar-refractivity contribution in [2.45, 2.75) is 24.1 Å². The molecule has 0 spiro atoms. The molecule has 2 aromatic carbocycles. The molecule has 140 valence electrons. The van der Waals surface area contributed by atoms with Crippen LogP contribution in [0.2, 0.25) is 0 Å². The maximum Gasteiger partial charge on any atom is 0.237 e. The van der Waals surface area contributed by atoms with Crippen LogP contribution >= 0.6 is 11.8 Å². The summed E-state index contributed by atoms with van der Waals surface area (Å²) in [7, 11) is 0. The first-order chi connectivity index (χ1) is 13.6. The second kappa shape index (κ2) is 7.82. The lowest BCUT2D eigenvalue weighted by molar-refractivity contribution is -0.115. The number of amides is 1. The number of carbonyl (C=O) groups excluding carboxylic acids is 1. The molecule has 0 fully saturated rings. The van der Waals surface area contributed by atoms with Gasteiger partial charge in [0.2, 0.25) is 5.91 Å². The fourth-order valence-electron chi connectivity index (χ4n) is 2.86. The van der Waals surface area contributed by atoms with Crippen molar-refractivity contribution in [3.8, 4) is 5.69 Å². The van der Waals surface area contributed by atoms with Crippen molar-refractivity contribution in [1.82, 2.24) is 19.7 Å². The molecule has 0 saturated heterocycles. The minimum Gasteiger partial charge on any atom is -0.325 e. The smallest absolute Gasteiger partial charge is 0.237 e. The summed E-state index contributed by atoms with van der Waals surface area (Å²) in [6.45, 7) is 3.86. The van der Waals surface area contributed by atoms with Gasteiger partial charge in [-0.05, 0) is 43.7 Å². The summed E-state index contributed by atoms with van der Waals surface area (Å²) in [6.07, 6.45) is 3.26. The first-order valence-corrected chi connectivity index (χ1v) is 9.78. The van der Waals surface area contributed by atoms with Gasteiger partial charge in [-0.3, -0.25) is 4.79 Å². The summed E-state index contributed by atoms with van der Waals surface area (Å²) in [5.41, 5.74) is 3.54. The van der Waals surface area contributed by atoms with E-state index in [0.29, 0.717) is 0 Å². The number of rotatable bonds is 5. The first-order valence-electron chi connectivity index (χ1n) is 8.90. The van der Waals surface area contributed by atoms with Gasteiger partial charge in [0.25, 0.3) is 0 Å². The summed E-state index contributed by atoms with van der Waals surface area (Å²) in [4.78, 5) is 21.4. The fraction of sp³-hybridized carbons (Fsp3) is 0.143. The molecule has 1 N–H and O–H groups in total. The van der Waals surface area contributed by atoms with E-state index in [-0.39, 0.29) is 11.2 Å². The molecule has 0 radical (unpaired) electrons. The lowest BCUT2D eigenvalue weighted by Crippen LogP contribution is -2.22. The van der Waals surface area contributed by atoms with Gasteiger partial charge in [0, 0.05) is 5.69 Å². The molecule has 0 aliphatic rings. The van der Waals surface area contributed by atoms with Crippen molar-refractivity contribution in [2.24, 2.45) is 0 Å². The minimum absolute atomic E-state index is 0.0715. The van der Waals surface area contributed by atoms with Gasteiger partial charge in [-0.15, -0.1) is 0 Å². The average Bonchev–Trinajstić information content (AvgIpc) is 3.14. The SMILES string of the molecule is Cc1cccc(NC(=O)C(C)Sc2ncnc3c2cnn3-c2ccccc2)c1. The van der Waals surface area contributed by atoms with E-state index < -0.39 is 0 Å². The summed E-state index contributed by atoms with van der Waals surface area (Å²) in [6, 6.07) is 17.6. The zero-order valence-corrected chi connectivity index (χ0v) is 16.4. The molecule has 7 heteroatoms. The number of carbonyl (C=O) groups is 1. The van der Waals surface area contributed by atoms with E-state index in [1.54, 1.807) is 10.9 Å². The summed E-state index contributed by atoms with van der Waals surface area (Å²) >= 11 is 1.40. The van der Waals surface area contributed by atoms with Crippen LogP contribution in [0.1, 0.15) is 12.5 Å². The molecule has 1 atom stereocenters. The van der Waals surface area contributed by atoms with E-state index in [4.69, 9.17) is 0 Å². The second-order valence-corrected chi connectivity index (χ2v) is 7.76. The number of fused-ring (bicyclic) bond motifs is 1. The molecule has 1 amide bonds. The van der Waals surface area contributed by atoms with Crippen LogP contribution in [0.4, 0.5) is 5.69 Å². The lowest BCUT2D eigenvalue weighted by atomic mass is 10.2. The molecule has 2 aromatic heterocycles. The van der Waals surface area contributed by atoms with Gasteiger partial charge in [-0.2, -0.15) is 5.10 Å². The predicted molar refractivity (Wildman–Crippen MR) is 112 cm³/mol. The normalized spacial score (nSPS) is 12.1.